The number of nitrogens with zero attached hydrogens (tertiary/aromatic N) is 1. The third-order valence-corrected chi connectivity index (χ3v) is 3.71. The number of rotatable bonds is 4. The van der Waals surface area contributed by atoms with Crippen molar-refractivity contribution in [3.63, 3.8) is 0 Å². The molecule has 2 nitrogen and oxygen atoms in total. The molecule has 1 heterocycles. The summed E-state index contributed by atoms with van der Waals surface area (Å²) < 4.78 is 13.7. The molecule has 2 rings (SSSR count). The lowest BCUT2D eigenvalue weighted by molar-refractivity contribution is 0.559. The summed E-state index contributed by atoms with van der Waals surface area (Å²) in [5.41, 5.74) is 2.43. The molecule has 0 amide bonds. The number of thiazole rings is 1. The number of benzene rings is 1. The highest BCUT2D eigenvalue weighted by atomic mass is 35.5. The molecule has 90 valence electrons. The maximum atomic E-state index is 13.7. The smallest absolute Gasteiger partial charge is 0.127 e. The van der Waals surface area contributed by atoms with Crippen molar-refractivity contribution in [2.45, 2.75) is 12.5 Å². The van der Waals surface area contributed by atoms with Crippen LogP contribution in [-0.4, -0.2) is 12.0 Å². The molecule has 1 unspecified atom stereocenters. The Labute approximate surface area is 108 Å². The van der Waals surface area contributed by atoms with Crippen LogP contribution in [0, 0.1) is 5.82 Å². The third-order valence-electron chi connectivity index (χ3n) is 2.58. The Morgan fingerprint density at radius 2 is 2.35 bits per heavy atom. The molecular weight excluding hydrogens is 259 g/mol. The molecule has 0 bridgehead atoms. The van der Waals surface area contributed by atoms with Crippen LogP contribution in [-0.2, 0) is 6.42 Å². The summed E-state index contributed by atoms with van der Waals surface area (Å²) in [6, 6.07) is 4.86. The van der Waals surface area contributed by atoms with Crippen molar-refractivity contribution in [2.24, 2.45) is 0 Å². The minimum absolute atomic E-state index is 0.0816. The molecular formula is C12H12ClFN2S. The Morgan fingerprint density at radius 3 is 2.94 bits per heavy atom. The first-order valence-electron chi connectivity index (χ1n) is 5.20. The Morgan fingerprint density at radius 1 is 1.53 bits per heavy atom. The molecule has 1 aromatic carbocycles. The zero-order chi connectivity index (χ0) is 12.3. The molecule has 0 aliphatic heterocycles. The van der Waals surface area contributed by atoms with Crippen LogP contribution in [0.25, 0.3) is 0 Å². The summed E-state index contributed by atoms with van der Waals surface area (Å²) >= 11 is 7.29. The van der Waals surface area contributed by atoms with Crippen LogP contribution in [0.3, 0.4) is 0 Å². The van der Waals surface area contributed by atoms with Crippen molar-refractivity contribution in [3.8, 4) is 0 Å². The number of nitrogens with one attached hydrogen (secondary N) is 1. The summed E-state index contributed by atoms with van der Waals surface area (Å²) in [6.45, 7) is 0. The predicted octanol–water partition coefficient (Wildman–Crippen LogP) is 3.44. The fourth-order valence-electron chi connectivity index (χ4n) is 1.65. The molecule has 0 aliphatic carbocycles. The highest BCUT2D eigenvalue weighted by Crippen LogP contribution is 2.23. The molecule has 1 aromatic heterocycles. The van der Waals surface area contributed by atoms with E-state index in [2.05, 4.69) is 10.3 Å². The average Bonchev–Trinajstić information content (AvgIpc) is 2.81. The standard InChI is InChI=1S/C12H12ClFN2S/c1-15-11(12-6-16-7-17-12)4-8-2-3-9(13)5-10(8)14/h2-3,5-7,11,15H,4H2,1H3. The highest BCUT2D eigenvalue weighted by Gasteiger charge is 2.14. The van der Waals surface area contributed by atoms with Crippen LogP contribution in [0.5, 0.6) is 0 Å². The van der Waals surface area contributed by atoms with Gasteiger partial charge in [0.1, 0.15) is 5.82 Å². The van der Waals surface area contributed by atoms with Crippen molar-refractivity contribution < 1.29 is 4.39 Å². The van der Waals surface area contributed by atoms with Crippen LogP contribution in [0.1, 0.15) is 16.5 Å². The number of hydrogen-bond donors (Lipinski definition) is 1. The van der Waals surface area contributed by atoms with Gasteiger partial charge in [-0.2, -0.15) is 0 Å². The molecule has 5 heteroatoms. The predicted molar refractivity (Wildman–Crippen MR) is 69.0 cm³/mol. The first-order valence-corrected chi connectivity index (χ1v) is 6.46. The Balaban J connectivity index is 2.19. The molecule has 0 spiro atoms. The van der Waals surface area contributed by atoms with Gasteiger partial charge in [-0.05, 0) is 31.2 Å². The van der Waals surface area contributed by atoms with Gasteiger partial charge in [0, 0.05) is 22.1 Å². The quantitative estimate of drug-likeness (QED) is 0.921. The zero-order valence-corrected chi connectivity index (χ0v) is 10.9. The molecule has 0 saturated carbocycles. The SMILES string of the molecule is CNC(Cc1ccc(Cl)cc1F)c1cncs1. The third kappa shape index (κ3) is 3.03. The molecule has 1 atom stereocenters. The first kappa shape index (κ1) is 12.5. The van der Waals surface area contributed by atoms with Gasteiger partial charge in [0.05, 0.1) is 5.51 Å². The highest BCUT2D eigenvalue weighted by molar-refractivity contribution is 7.09. The molecule has 0 aliphatic rings. The summed E-state index contributed by atoms with van der Waals surface area (Å²) in [6.07, 6.45) is 2.39. The van der Waals surface area contributed by atoms with Gasteiger partial charge < -0.3 is 5.32 Å². The van der Waals surface area contributed by atoms with E-state index in [1.165, 1.54) is 6.07 Å². The molecule has 17 heavy (non-hydrogen) atoms. The van der Waals surface area contributed by atoms with Gasteiger partial charge >= 0.3 is 0 Å². The summed E-state index contributed by atoms with van der Waals surface area (Å²) in [4.78, 5) is 5.13. The van der Waals surface area contributed by atoms with Gasteiger partial charge in [-0.1, -0.05) is 17.7 Å². The lowest BCUT2D eigenvalue weighted by Crippen LogP contribution is -2.18. The van der Waals surface area contributed by atoms with E-state index in [-0.39, 0.29) is 11.9 Å². The van der Waals surface area contributed by atoms with Crippen LogP contribution in [0.2, 0.25) is 5.02 Å². The fraction of sp³-hybridized carbons (Fsp3) is 0.250. The second kappa shape index (κ2) is 5.58. The topological polar surface area (TPSA) is 24.9 Å². The maximum absolute atomic E-state index is 13.7. The zero-order valence-electron chi connectivity index (χ0n) is 9.28. The second-order valence-electron chi connectivity index (χ2n) is 3.68. The van der Waals surface area contributed by atoms with Crippen molar-refractivity contribution in [1.29, 1.82) is 0 Å². The van der Waals surface area contributed by atoms with Crippen LogP contribution < -0.4 is 5.32 Å². The van der Waals surface area contributed by atoms with Gasteiger partial charge in [0.15, 0.2) is 0 Å². The van der Waals surface area contributed by atoms with Crippen molar-refractivity contribution >= 4 is 22.9 Å². The lowest BCUT2D eigenvalue weighted by Gasteiger charge is -2.14. The van der Waals surface area contributed by atoms with Crippen LogP contribution in [0.4, 0.5) is 4.39 Å². The minimum atomic E-state index is -0.262. The molecule has 1 N–H and O–H groups in total. The lowest BCUT2D eigenvalue weighted by atomic mass is 10.0. The largest absolute Gasteiger partial charge is 0.312 e. The monoisotopic (exact) mass is 270 g/mol. The number of hydrogen-bond acceptors (Lipinski definition) is 3. The molecule has 0 radical (unpaired) electrons. The average molecular weight is 271 g/mol. The molecule has 2 aromatic rings. The van der Waals surface area contributed by atoms with E-state index in [0.29, 0.717) is 17.0 Å². The van der Waals surface area contributed by atoms with Gasteiger partial charge in [-0.15, -0.1) is 11.3 Å². The van der Waals surface area contributed by atoms with Gasteiger partial charge in [0.2, 0.25) is 0 Å². The molecule has 0 fully saturated rings. The van der Waals surface area contributed by atoms with Crippen LogP contribution >= 0.6 is 22.9 Å². The van der Waals surface area contributed by atoms with E-state index in [0.717, 1.165) is 4.88 Å². The number of aromatic nitrogens is 1. The summed E-state index contributed by atoms with van der Waals surface area (Å²) in [5, 5.41) is 3.59. The van der Waals surface area contributed by atoms with E-state index >= 15 is 0 Å². The van der Waals surface area contributed by atoms with Gasteiger partial charge in [-0.3, -0.25) is 4.98 Å². The van der Waals surface area contributed by atoms with Crippen molar-refractivity contribution in [2.75, 3.05) is 7.05 Å². The van der Waals surface area contributed by atoms with Crippen molar-refractivity contribution in [3.05, 3.63) is 51.2 Å². The van der Waals surface area contributed by atoms with Gasteiger partial charge in [-0.25, -0.2) is 4.39 Å². The van der Waals surface area contributed by atoms with E-state index in [9.17, 15) is 4.39 Å². The maximum Gasteiger partial charge on any atom is 0.127 e. The van der Waals surface area contributed by atoms with E-state index in [1.807, 2.05) is 7.05 Å². The minimum Gasteiger partial charge on any atom is -0.312 e. The van der Waals surface area contributed by atoms with E-state index in [4.69, 9.17) is 11.6 Å². The normalized spacial score (nSPS) is 12.6. The Hall–Kier alpha value is -0.970. The summed E-state index contributed by atoms with van der Waals surface area (Å²) in [7, 11) is 1.86. The number of likely N-dealkylation sites (N-methyl/N-ethyl adjacent to an activating group) is 1. The van der Waals surface area contributed by atoms with E-state index < -0.39 is 0 Å². The molecule has 0 saturated heterocycles. The van der Waals surface area contributed by atoms with Gasteiger partial charge in [0.25, 0.3) is 0 Å². The Bertz CT molecular complexity index is 487. The van der Waals surface area contributed by atoms with E-state index in [1.54, 1.807) is 35.2 Å². The Kier molecular flexibility index (Phi) is 4.10. The second-order valence-corrected chi connectivity index (χ2v) is 5.04. The van der Waals surface area contributed by atoms with Crippen LogP contribution in [0.15, 0.2) is 29.9 Å². The fourth-order valence-corrected chi connectivity index (χ4v) is 2.54. The summed E-state index contributed by atoms with van der Waals surface area (Å²) in [5.74, 6) is -0.262. The van der Waals surface area contributed by atoms with Crippen molar-refractivity contribution in [1.82, 2.24) is 10.3 Å². The number of halogens is 2. The first-order chi connectivity index (χ1) is 8.20.